The van der Waals surface area contributed by atoms with E-state index >= 15 is 0 Å². The van der Waals surface area contributed by atoms with Crippen LogP contribution >= 0.6 is 0 Å². The Labute approximate surface area is 247 Å². The van der Waals surface area contributed by atoms with Gasteiger partial charge in [0.15, 0.2) is 0 Å². The zero-order valence-corrected chi connectivity index (χ0v) is 23.1. The van der Waals surface area contributed by atoms with Crippen LogP contribution in [0, 0.1) is 0 Å². The van der Waals surface area contributed by atoms with Crippen molar-refractivity contribution in [3.63, 3.8) is 0 Å². The number of benzene rings is 5. The van der Waals surface area contributed by atoms with Crippen LogP contribution < -0.4 is 0 Å². The standard InChI is InChI=1S/C39H24N4/c1-2-9-26(10-3-1)38-39-35(30-12-4-6-14-33(30)42-38)31-13-5-7-15-34(31)43(39)29-21-18-25(19-22-29)32-23-20-28-17-16-27-11-8-24-40-36(27)37(28)41-32/h1-24H. The number of hydrogen-bond acceptors (Lipinski definition) is 3. The smallest absolute Gasteiger partial charge is 0.0972 e. The molecule has 43 heavy (non-hydrogen) atoms. The zero-order chi connectivity index (χ0) is 28.3. The topological polar surface area (TPSA) is 43.6 Å². The van der Waals surface area contributed by atoms with Gasteiger partial charge in [0, 0.05) is 49.9 Å². The Balaban J connectivity index is 1.28. The minimum absolute atomic E-state index is 0.924. The van der Waals surface area contributed by atoms with E-state index < -0.39 is 0 Å². The van der Waals surface area contributed by atoms with Gasteiger partial charge in [0.1, 0.15) is 0 Å². The highest BCUT2D eigenvalue weighted by Crippen LogP contribution is 2.41. The second kappa shape index (κ2) is 9.33. The van der Waals surface area contributed by atoms with Gasteiger partial charge in [-0.3, -0.25) is 4.98 Å². The Morgan fingerprint density at radius 1 is 0.488 bits per heavy atom. The average Bonchev–Trinajstić information content (AvgIpc) is 3.44. The largest absolute Gasteiger partial charge is 0.307 e. The monoisotopic (exact) mass is 548 g/mol. The van der Waals surface area contributed by atoms with Crippen LogP contribution in [0.4, 0.5) is 0 Å². The molecule has 4 heterocycles. The minimum Gasteiger partial charge on any atom is -0.307 e. The van der Waals surface area contributed by atoms with Crippen LogP contribution in [0.15, 0.2) is 146 Å². The molecule has 200 valence electrons. The van der Waals surface area contributed by atoms with Crippen molar-refractivity contribution < 1.29 is 0 Å². The molecule has 0 bridgehead atoms. The Hall–Kier alpha value is -5.87. The number of nitrogens with zero attached hydrogens (tertiary/aromatic N) is 4. The number of pyridine rings is 3. The maximum Gasteiger partial charge on any atom is 0.0972 e. The van der Waals surface area contributed by atoms with Crippen molar-refractivity contribution in [1.29, 1.82) is 0 Å². The number of para-hydroxylation sites is 2. The summed E-state index contributed by atoms with van der Waals surface area (Å²) in [7, 11) is 0. The maximum atomic E-state index is 5.24. The first kappa shape index (κ1) is 23.8. The molecule has 9 aromatic rings. The van der Waals surface area contributed by atoms with Gasteiger partial charge in [-0.05, 0) is 36.4 Å². The summed E-state index contributed by atoms with van der Waals surface area (Å²) < 4.78 is 2.36. The Bertz CT molecular complexity index is 2490. The van der Waals surface area contributed by atoms with Crippen molar-refractivity contribution in [2.75, 3.05) is 0 Å². The molecular weight excluding hydrogens is 524 g/mol. The fourth-order valence-electron chi connectivity index (χ4n) is 6.42. The van der Waals surface area contributed by atoms with Gasteiger partial charge in [0.05, 0.1) is 39.0 Å². The molecule has 9 rings (SSSR count). The molecule has 0 N–H and O–H groups in total. The second-order valence-electron chi connectivity index (χ2n) is 10.9. The lowest BCUT2D eigenvalue weighted by molar-refractivity contribution is 1.17. The van der Waals surface area contributed by atoms with E-state index in [-0.39, 0.29) is 0 Å². The van der Waals surface area contributed by atoms with Gasteiger partial charge in [0.2, 0.25) is 0 Å². The lowest BCUT2D eigenvalue weighted by Gasteiger charge is -2.13. The Kier molecular flexibility index (Phi) is 5.16. The summed E-state index contributed by atoms with van der Waals surface area (Å²) in [6.45, 7) is 0. The number of rotatable bonds is 3. The first-order chi connectivity index (χ1) is 21.3. The van der Waals surface area contributed by atoms with Crippen molar-refractivity contribution in [3.05, 3.63) is 146 Å². The molecule has 5 aromatic carbocycles. The van der Waals surface area contributed by atoms with Crippen molar-refractivity contribution in [1.82, 2.24) is 19.5 Å². The normalized spacial score (nSPS) is 11.7. The average molecular weight is 549 g/mol. The van der Waals surface area contributed by atoms with Crippen LogP contribution in [0.1, 0.15) is 0 Å². The molecule has 0 aliphatic carbocycles. The minimum atomic E-state index is 0.924. The lowest BCUT2D eigenvalue weighted by Crippen LogP contribution is -1.98. The van der Waals surface area contributed by atoms with E-state index in [1.165, 1.54) is 10.8 Å². The van der Waals surface area contributed by atoms with E-state index in [4.69, 9.17) is 9.97 Å². The molecule has 0 fully saturated rings. The van der Waals surface area contributed by atoms with Gasteiger partial charge in [0.25, 0.3) is 0 Å². The summed E-state index contributed by atoms with van der Waals surface area (Å²) in [5.74, 6) is 0. The predicted molar refractivity (Wildman–Crippen MR) is 178 cm³/mol. The first-order valence-corrected chi connectivity index (χ1v) is 14.5. The van der Waals surface area contributed by atoms with Gasteiger partial charge in [-0.15, -0.1) is 0 Å². The van der Waals surface area contributed by atoms with Crippen LogP contribution in [-0.4, -0.2) is 19.5 Å². The summed E-state index contributed by atoms with van der Waals surface area (Å²) in [5.41, 5.74) is 10.3. The molecule has 0 amide bonds. The van der Waals surface area contributed by atoms with Crippen LogP contribution in [-0.2, 0) is 0 Å². The number of aromatic nitrogens is 4. The molecule has 4 heteroatoms. The van der Waals surface area contributed by atoms with Crippen LogP contribution in [0.25, 0.3) is 82.7 Å². The Morgan fingerprint density at radius 2 is 1.21 bits per heavy atom. The summed E-state index contributed by atoms with van der Waals surface area (Å²) >= 11 is 0. The van der Waals surface area contributed by atoms with E-state index in [0.717, 1.165) is 71.9 Å². The molecule has 4 nitrogen and oxygen atoms in total. The van der Waals surface area contributed by atoms with Gasteiger partial charge in [-0.2, -0.15) is 0 Å². The zero-order valence-electron chi connectivity index (χ0n) is 23.1. The van der Waals surface area contributed by atoms with Gasteiger partial charge < -0.3 is 4.57 Å². The van der Waals surface area contributed by atoms with Gasteiger partial charge in [-0.1, -0.05) is 103 Å². The Morgan fingerprint density at radius 3 is 2.07 bits per heavy atom. The molecule has 0 atom stereocenters. The molecular formula is C39H24N4. The maximum absolute atomic E-state index is 5.24. The van der Waals surface area contributed by atoms with E-state index in [9.17, 15) is 0 Å². The molecule has 0 aliphatic heterocycles. The lowest BCUT2D eigenvalue weighted by atomic mass is 10.0. The molecule has 0 unspecified atom stereocenters. The highest BCUT2D eigenvalue weighted by Gasteiger charge is 2.20. The molecule has 0 saturated heterocycles. The van der Waals surface area contributed by atoms with E-state index in [1.54, 1.807) is 0 Å². The van der Waals surface area contributed by atoms with E-state index in [0.29, 0.717) is 0 Å². The molecule has 0 radical (unpaired) electrons. The number of hydrogen-bond donors (Lipinski definition) is 0. The van der Waals surface area contributed by atoms with Crippen LogP contribution in [0.3, 0.4) is 0 Å². The molecule has 0 saturated carbocycles. The van der Waals surface area contributed by atoms with Gasteiger partial charge in [-0.25, -0.2) is 9.97 Å². The third-order valence-electron chi connectivity index (χ3n) is 8.41. The fourth-order valence-corrected chi connectivity index (χ4v) is 6.42. The summed E-state index contributed by atoms with van der Waals surface area (Å²) in [6, 6.07) is 48.8. The summed E-state index contributed by atoms with van der Waals surface area (Å²) in [4.78, 5) is 14.9. The van der Waals surface area contributed by atoms with E-state index in [1.807, 2.05) is 12.3 Å². The van der Waals surface area contributed by atoms with Crippen molar-refractivity contribution in [2.45, 2.75) is 0 Å². The quantitative estimate of drug-likeness (QED) is 0.206. The SMILES string of the molecule is c1ccc(-c2nc3ccccc3c3c4ccccc4n(-c4ccc(-c5ccc6ccc7cccnc7c6n5)cc4)c23)cc1. The highest BCUT2D eigenvalue weighted by molar-refractivity contribution is 6.23. The van der Waals surface area contributed by atoms with Crippen molar-refractivity contribution in [3.8, 4) is 28.2 Å². The van der Waals surface area contributed by atoms with E-state index in [2.05, 4.69) is 143 Å². The van der Waals surface area contributed by atoms with Crippen LogP contribution in [0.2, 0.25) is 0 Å². The van der Waals surface area contributed by atoms with Crippen LogP contribution in [0.5, 0.6) is 0 Å². The summed E-state index contributed by atoms with van der Waals surface area (Å²) in [5, 5.41) is 5.78. The fraction of sp³-hybridized carbons (Fsp3) is 0. The van der Waals surface area contributed by atoms with Crippen molar-refractivity contribution >= 4 is 54.5 Å². The highest BCUT2D eigenvalue weighted by atomic mass is 15.0. The molecule has 0 spiro atoms. The predicted octanol–water partition coefficient (Wildman–Crippen LogP) is 9.76. The van der Waals surface area contributed by atoms with Gasteiger partial charge >= 0.3 is 0 Å². The molecule has 4 aromatic heterocycles. The number of fused-ring (bicyclic) bond motifs is 8. The first-order valence-electron chi connectivity index (χ1n) is 14.5. The third-order valence-corrected chi connectivity index (χ3v) is 8.41. The summed E-state index contributed by atoms with van der Waals surface area (Å²) in [6.07, 6.45) is 1.83. The second-order valence-corrected chi connectivity index (χ2v) is 10.9. The van der Waals surface area contributed by atoms with Crippen molar-refractivity contribution in [2.24, 2.45) is 0 Å². The molecule has 0 aliphatic rings. The third kappa shape index (κ3) is 3.67.